The molecule has 2 rings (SSSR count). The van der Waals surface area contributed by atoms with Crippen molar-refractivity contribution in [2.45, 2.75) is 19.8 Å². The fourth-order valence-electron chi connectivity index (χ4n) is 2.26. The van der Waals surface area contributed by atoms with E-state index in [0.717, 1.165) is 12.5 Å². The average Bonchev–Trinajstić information content (AvgIpc) is 2.41. The molecule has 1 aliphatic rings. The molecule has 0 bridgehead atoms. The molecule has 19 heavy (non-hydrogen) atoms. The van der Waals surface area contributed by atoms with Gasteiger partial charge < -0.3 is 4.90 Å². The molecule has 102 valence electrons. The van der Waals surface area contributed by atoms with Crippen LogP contribution in [0.2, 0.25) is 5.02 Å². The van der Waals surface area contributed by atoms with E-state index in [2.05, 4.69) is 0 Å². The summed E-state index contributed by atoms with van der Waals surface area (Å²) in [5.74, 6) is -0.752. The number of nitrogens with zero attached hydrogens (tertiary/aromatic N) is 1. The third kappa shape index (κ3) is 2.95. The van der Waals surface area contributed by atoms with Gasteiger partial charge in [-0.1, -0.05) is 18.5 Å². The van der Waals surface area contributed by atoms with Crippen LogP contribution in [0.25, 0.3) is 0 Å². The Morgan fingerprint density at radius 1 is 1.53 bits per heavy atom. The van der Waals surface area contributed by atoms with Crippen LogP contribution in [0.1, 0.15) is 30.1 Å². The second kappa shape index (κ2) is 5.70. The number of amides is 1. The zero-order chi connectivity index (χ0) is 14.0. The van der Waals surface area contributed by atoms with E-state index in [4.69, 9.17) is 11.6 Å². The summed E-state index contributed by atoms with van der Waals surface area (Å²) in [4.78, 5) is 25.5. The van der Waals surface area contributed by atoms with E-state index in [9.17, 15) is 14.0 Å². The second-order valence-electron chi connectivity index (χ2n) is 4.70. The topological polar surface area (TPSA) is 37.4 Å². The number of piperidine rings is 1. The maximum absolute atomic E-state index is 13.4. The van der Waals surface area contributed by atoms with E-state index in [1.54, 1.807) is 4.90 Å². The van der Waals surface area contributed by atoms with Crippen LogP contribution in [0.5, 0.6) is 0 Å². The van der Waals surface area contributed by atoms with Crippen molar-refractivity contribution in [3.8, 4) is 0 Å². The van der Waals surface area contributed by atoms with Gasteiger partial charge in [0.05, 0.1) is 5.02 Å². The van der Waals surface area contributed by atoms with Crippen LogP contribution >= 0.6 is 11.6 Å². The summed E-state index contributed by atoms with van der Waals surface area (Å²) in [7, 11) is 0. The van der Waals surface area contributed by atoms with Crippen LogP contribution in [0.4, 0.5) is 4.39 Å². The fourth-order valence-corrected chi connectivity index (χ4v) is 2.38. The Balaban J connectivity index is 2.15. The zero-order valence-electron chi connectivity index (χ0n) is 10.7. The number of benzene rings is 1. The number of ketones is 1. The molecule has 1 amide bonds. The molecular formula is C14H15ClFNO2. The van der Waals surface area contributed by atoms with Gasteiger partial charge >= 0.3 is 0 Å². The molecule has 3 nitrogen and oxygen atoms in total. The molecule has 1 saturated heterocycles. The van der Waals surface area contributed by atoms with Crippen molar-refractivity contribution < 1.29 is 14.0 Å². The Bertz CT molecular complexity index is 518. The third-order valence-electron chi connectivity index (χ3n) is 3.47. The summed E-state index contributed by atoms with van der Waals surface area (Å²) >= 11 is 5.59. The Hall–Kier alpha value is -1.42. The van der Waals surface area contributed by atoms with Crippen molar-refractivity contribution in [2.24, 2.45) is 5.92 Å². The van der Waals surface area contributed by atoms with Gasteiger partial charge in [0, 0.05) is 31.0 Å². The first-order chi connectivity index (χ1) is 9.02. The summed E-state index contributed by atoms with van der Waals surface area (Å²) in [6.07, 6.45) is 1.10. The molecule has 0 aliphatic carbocycles. The summed E-state index contributed by atoms with van der Waals surface area (Å²) in [5, 5.41) is -0.00296. The molecule has 1 heterocycles. The van der Waals surface area contributed by atoms with Crippen molar-refractivity contribution in [1.82, 2.24) is 4.90 Å². The first-order valence-electron chi connectivity index (χ1n) is 6.30. The molecular weight excluding hydrogens is 269 g/mol. The highest BCUT2D eigenvalue weighted by Crippen LogP contribution is 2.20. The monoisotopic (exact) mass is 283 g/mol. The average molecular weight is 284 g/mol. The summed E-state index contributed by atoms with van der Waals surface area (Å²) in [5.41, 5.74) is 0.270. The summed E-state index contributed by atoms with van der Waals surface area (Å²) in [6, 6.07) is 4.02. The van der Waals surface area contributed by atoms with Gasteiger partial charge in [-0.2, -0.15) is 0 Å². The smallest absolute Gasteiger partial charge is 0.253 e. The minimum Gasteiger partial charge on any atom is -0.337 e. The van der Waals surface area contributed by atoms with E-state index in [1.165, 1.54) is 12.1 Å². The molecule has 0 N–H and O–H groups in total. The largest absolute Gasteiger partial charge is 0.337 e. The predicted molar refractivity (Wildman–Crippen MR) is 70.7 cm³/mol. The zero-order valence-corrected chi connectivity index (χ0v) is 11.4. The van der Waals surface area contributed by atoms with Gasteiger partial charge in [-0.25, -0.2) is 4.39 Å². The molecule has 0 spiro atoms. The van der Waals surface area contributed by atoms with Crippen LogP contribution in [0.15, 0.2) is 18.2 Å². The number of Topliss-reactive ketones (excluding diaryl/α,β-unsaturated/α-hetero) is 1. The lowest BCUT2D eigenvalue weighted by atomic mass is 9.93. The summed E-state index contributed by atoms with van der Waals surface area (Å²) < 4.78 is 13.4. The van der Waals surface area contributed by atoms with E-state index < -0.39 is 5.82 Å². The Kier molecular flexibility index (Phi) is 4.20. The molecule has 1 aromatic carbocycles. The van der Waals surface area contributed by atoms with Crippen molar-refractivity contribution in [1.29, 1.82) is 0 Å². The quantitative estimate of drug-likeness (QED) is 0.837. The van der Waals surface area contributed by atoms with Gasteiger partial charge in [-0.15, -0.1) is 0 Å². The first kappa shape index (κ1) is 14.0. The SMILES string of the molecule is CCC1CN(C(=O)c2ccc(Cl)c(F)c2)CCC1=O. The Morgan fingerprint density at radius 3 is 2.89 bits per heavy atom. The second-order valence-corrected chi connectivity index (χ2v) is 5.11. The highest BCUT2D eigenvalue weighted by Gasteiger charge is 2.29. The Labute approximate surface area is 116 Å². The fraction of sp³-hybridized carbons (Fsp3) is 0.429. The van der Waals surface area contributed by atoms with Crippen LogP contribution in [-0.4, -0.2) is 29.7 Å². The molecule has 5 heteroatoms. The number of halogens is 2. The van der Waals surface area contributed by atoms with E-state index in [1.807, 2.05) is 6.92 Å². The van der Waals surface area contributed by atoms with Gasteiger partial charge in [0.1, 0.15) is 11.6 Å². The lowest BCUT2D eigenvalue weighted by molar-refractivity contribution is -0.125. The van der Waals surface area contributed by atoms with Gasteiger partial charge in [0.25, 0.3) is 5.91 Å². The normalized spacial score (nSPS) is 19.6. The molecule has 1 aromatic rings. The van der Waals surface area contributed by atoms with E-state index in [-0.39, 0.29) is 28.2 Å². The van der Waals surface area contributed by atoms with Gasteiger partial charge in [0.15, 0.2) is 0 Å². The first-order valence-corrected chi connectivity index (χ1v) is 6.67. The van der Waals surface area contributed by atoms with Crippen LogP contribution < -0.4 is 0 Å². The number of hydrogen-bond acceptors (Lipinski definition) is 2. The van der Waals surface area contributed by atoms with E-state index >= 15 is 0 Å². The van der Waals surface area contributed by atoms with Gasteiger partial charge in [-0.3, -0.25) is 9.59 Å². The molecule has 0 saturated carbocycles. The van der Waals surface area contributed by atoms with Crippen molar-refractivity contribution in [2.75, 3.05) is 13.1 Å². The Morgan fingerprint density at radius 2 is 2.26 bits per heavy atom. The number of carbonyl (C=O) groups excluding carboxylic acids is 2. The van der Waals surface area contributed by atoms with Crippen molar-refractivity contribution in [3.05, 3.63) is 34.6 Å². The molecule has 0 aromatic heterocycles. The summed E-state index contributed by atoms with van der Waals surface area (Å²) in [6.45, 7) is 2.75. The number of carbonyl (C=O) groups is 2. The maximum Gasteiger partial charge on any atom is 0.253 e. The minimum absolute atomic E-state index is 0.00296. The predicted octanol–water partition coefficient (Wildman–Crippen LogP) is 2.92. The number of rotatable bonds is 2. The molecule has 1 aliphatic heterocycles. The minimum atomic E-state index is -0.604. The lowest BCUT2D eigenvalue weighted by Gasteiger charge is -2.31. The number of likely N-dealkylation sites (tertiary alicyclic amines) is 1. The van der Waals surface area contributed by atoms with Crippen molar-refractivity contribution in [3.63, 3.8) is 0 Å². The van der Waals surface area contributed by atoms with Gasteiger partial charge in [0.2, 0.25) is 0 Å². The lowest BCUT2D eigenvalue weighted by Crippen LogP contribution is -2.43. The maximum atomic E-state index is 13.4. The highest BCUT2D eigenvalue weighted by atomic mass is 35.5. The highest BCUT2D eigenvalue weighted by molar-refractivity contribution is 6.30. The van der Waals surface area contributed by atoms with Crippen LogP contribution in [-0.2, 0) is 4.79 Å². The molecule has 1 unspecified atom stereocenters. The standard InChI is InChI=1S/C14H15ClFNO2/c1-2-9-8-17(6-5-13(9)18)14(19)10-3-4-11(15)12(16)7-10/h3-4,7,9H,2,5-6,8H2,1H3. The van der Waals surface area contributed by atoms with E-state index in [0.29, 0.717) is 19.5 Å². The molecule has 0 radical (unpaired) electrons. The third-order valence-corrected chi connectivity index (χ3v) is 3.78. The van der Waals surface area contributed by atoms with Crippen LogP contribution in [0.3, 0.4) is 0 Å². The van der Waals surface area contributed by atoms with Crippen LogP contribution in [0, 0.1) is 11.7 Å². The number of hydrogen-bond donors (Lipinski definition) is 0. The van der Waals surface area contributed by atoms with Gasteiger partial charge in [-0.05, 0) is 24.6 Å². The molecule has 1 fully saturated rings. The van der Waals surface area contributed by atoms with Crippen molar-refractivity contribution >= 4 is 23.3 Å². The molecule has 1 atom stereocenters.